The van der Waals surface area contributed by atoms with Crippen LogP contribution in [0.1, 0.15) is 25.3 Å². The molecule has 0 N–H and O–H groups in total. The van der Waals surface area contributed by atoms with Crippen molar-refractivity contribution in [1.82, 2.24) is 0 Å². The van der Waals surface area contributed by atoms with Crippen LogP contribution in [-0.4, -0.2) is 20.1 Å². The molecular formula is C29H30O4S2. The standard InChI is InChI=1S/C19H17OS.C10H14O3S/c1-20-16-12-14-19(15-13-16)21(17-8-4-2-5-9-17)18-10-6-3-7-11-18;1-2-3-4-9-5-7-10(8-6-9)14(11,12)13/h2-15H,1H3;5-8H,2-4H2,1H3,(H,11,12,13)/q+1;/p-1. The van der Waals surface area contributed by atoms with Gasteiger partial charge in [0, 0.05) is 0 Å². The SMILES string of the molecule is CCCCc1ccc(S(=O)(=O)[O-])cc1.COc1ccc([S+](c2ccccc2)c2ccccc2)cc1. The monoisotopic (exact) mass is 506 g/mol. The van der Waals surface area contributed by atoms with Crippen molar-refractivity contribution in [3.8, 4) is 5.75 Å². The van der Waals surface area contributed by atoms with Crippen molar-refractivity contribution in [2.75, 3.05) is 7.11 Å². The van der Waals surface area contributed by atoms with E-state index < -0.39 is 10.1 Å². The lowest BCUT2D eigenvalue weighted by Crippen LogP contribution is -2.04. The van der Waals surface area contributed by atoms with Crippen molar-refractivity contribution < 1.29 is 17.7 Å². The highest BCUT2D eigenvalue weighted by Crippen LogP contribution is 2.31. The minimum atomic E-state index is -4.29. The van der Waals surface area contributed by atoms with Gasteiger partial charge in [0.1, 0.15) is 15.9 Å². The first-order valence-corrected chi connectivity index (χ1v) is 14.1. The van der Waals surface area contributed by atoms with Crippen molar-refractivity contribution in [2.45, 2.75) is 45.8 Å². The van der Waals surface area contributed by atoms with Gasteiger partial charge in [-0.05, 0) is 79.1 Å². The van der Waals surface area contributed by atoms with Gasteiger partial charge in [0.15, 0.2) is 14.7 Å². The summed E-state index contributed by atoms with van der Waals surface area (Å²) in [6.07, 6.45) is 3.10. The van der Waals surface area contributed by atoms with E-state index in [4.69, 9.17) is 4.74 Å². The first-order valence-electron chi connectivity index (χ1n) is 11.5. The molecule has 0 heterocycles. The summed E-state index contributed by atoms with van der Waals surface area (Å²) in [6, 6.07) is 35.8. The number of ether oxygens (including phenoxy) is 1. The Morgan fingerprint density at radius 3 is 1.63 bits per heavy atom. The van der Waals surface area contributed by atoms with Gasteiger partial charge in [0.2, 0.25) is 0 Å². The summed E-state index contributed by atoms with van der Waals surface area (Å²) in [5, 5.41) is 0. The van der Waals surface area contributed by atoms with Gasteiger partial charge in [-0.3, -0.25) is 0 Å². The minimum Gasteiger partial charge on any atom is -0.744 e. The zero-order valence-corrected chi connectivity index (χ0v) is 21.6. The Morgan fingerprint density at radius 1 is 0.714 bits per heavy atom. The highest BCUT2D eigenvalue weighted by molar-refractivity contribution is 7.97. The quantitative estimate of drug-likeness (QED) is 0.196. The molecule has 0 spiro atoms. The maximum Gasteiger partial charge on any atom is 0.166 e. The second-order valence-corrected chi connectivity index (χ2v) is 11.2. The van der Waals surface area contributed by atoms with Gasteiger partial charge < -0.3 is 9.29 Å². The fourth-order valence-corrected chi connectivity index (χ4v) is 5.99. The summed E-state index contributed by atoms with van der Waals surface area (Å²) in [5.41, 5.74) is 1.07. The van der Waals surface area contributed by atoms with E-state index in [0.29, 0.717) is 0 Å². The molecule has 0 aliphatic rings. The molecule has 0 aromatic heterocycles. The maximum atomic E-state index is 10.6. The van der Waals surface area contributed by atoms with Crippen LogP contribution < -0.4 is 4.74 Å². The van der Waals surface area contributed by atoms with E-state index in [1.165, 1.54) is 26.8 Å². The van der Waals surface area contributed by atoms with Crippen LogP contribution in [0.2, 0.25) is 0 Å². The number of benzene rings is 4. The third-order valence-electron chi connectivity index (χ3n) is 5.28. The third-order valence-corrected chi connectivity index (χ3v) is 8.36. The molecule has 4 rings (SSSR count). The molecule has 0 aliphatic carbocycles. The summed E-state index contributed by atoms with van der Waals surface area (Å²) in [6.45, 7) is 2.09. The molecule has 4 aromatic rings. The highest BCUT2D eigenvalue weighted by atomic mass is 32.2. The van der Waals surface area contributed by atoms with Crippen LogP contribution in [0, 0.1) is 0 Å². The first-order chi connectivity index (χ1) is 16.9. The Hall–Kier alpha value is -3.06. The van der Waals surface area contributed by atoms with Crippen LogP contribution in [-0.2, 0) is 27.4 Å². The number of methoxy groups -OCH3 is 1. The molecule has 0 amide bonds. The van der Waals surface area contributed by atoms with Gasteiger partial charge >= 0.3 is 0 Å². The summed E-state index contributed by atoms with van der Waals surface area (Å²) >= 11 is 0. The average molecular weight is 507 g/mol. The summed E-state index contributed by atoms with van der Waals surface area (Å²) < 4.78 is 37.1. The highest BCUT2D eigenvalue weighted by Gasteiger charge is 2.28. The van der Waals surface area contributed by atoms with E-state index in [2.05, 4.69) is 79.7 Å². The third kappa shape index (κ3) is 7.99. The molecular weight excluding hydrogens is 476 g/mol. The summed E-state index contributed by atoms with van der Waals surface area (Å²) in [5.74, 6) is 0.892. The molecule has 6 heteroatoms. The molecule has 0 fully saturated rings. The van der Waals surface area contributed by atoms with Crippen LogP contribution in [0.25, 0.3) is 0 Å². The molecule has 4 aromatic carbocycles. The molecule has 0 atom stereocenters. The Morgan fingerprint density at radius 2 is 1.20 bits per heavy atom. The smallest absolute Gasteiger partial charge is 0.166 e. The molecule has 0 saturated heterocycles. The first kappa shape index (κ1) is 26.5. The van der Waals surface area contributed by atoms with E-state index in [1.807, 2.05) is 12.1 Å². The molecule has 0 bridgehead atoms. The molecule has 182 valence electrons. The van der Waals surface area contributed by atoms with Crippen LogP contribution in [0.3, 0.4) is 0 Å². The normalized spacial score (nSPS) is 11.0. The Kier molecular flexibility index (Phi) is 9.97. The molecule has 0 radical (unpaired) electrons. The number of hydrogen-bond acceptors (Lipinski definition) is 4. The van der Waals surface area contributed by atoms with E-state index in [9.17, 15) is 13.0 Å². The fraction of sp³-hybridized carbons (Fsp3) is 0.172. The van der Waals surface area contributed by atoms with Gasteiger partial charge in [-0.25, -0.2) is 8.42 Å². The lowest BCUT2D eigenvalue weighted by Gasteiger charge is -2.08. The molecule has 0 aliphatic heterocycles. The number of rotatable bonds is 8. The average Bonchev–Trinajstić information content (AvgIpc) is 2.89. The second kappa shape index (κ2) is 13.1. The zero-order chi connectivity index (χ0) is 25.1. The predicted molar refractivity (Wildman–Crippen MR) is 141 cm³/mol. The van der Waals surface area contributed by atoms with Crippen LogP contribution in [0.4, 0.5) is 0 Å². The van der Waals surface area contributed by atoms with E-state index in [1.54, 1.807) is 19.2 Å². The lowest BCUT2D eigenvalue weighted by atomic mass is 10.1. The van der Waals surface area contributed by atoms with Crippen molar-refractivity contribution in [3.05, 3.63) is 115 Å². The molecule has 35 heavy (non-hydrogen) atoms. The van der Waals surface area contributed by atoms with Crippen molar-refractivity contribution in [2.24, 2.45) is 0 Å². The van der Waals surface area contributed by atoms with Gasteiger partial charge in [0.05, 0.1) is 22.9 Å². The van der Waals surface area contributed by atoms with Gasteiger partial charge in [-0.1, -0.05) is 61.9 Å². The van der Waals surface area contributed by atoms with Gasteiger partial charge in [-0.15, -0.1) is 0 Å². The summed E-state index contributed by atoms with van der Waals surface area (Å²) in [4.78, 5) is 3.80. The van der Waals surface area contributed by atoms with Crippen LogP contribution in [0.5, 0.6) is 5.75 Å². The van der Waals surface area contributed by atoms with E-state index in [0.717, 1.165) is 30.6 Å². The van der Waals surface area contributed by atoms with E-state index >= 15 is 0 Å². The van der Waals surface area contributed by atoms with Crippen molar-refractivity contribution >= 4 is 21.0 Å². The van der Waals surface area contributed by atoms with E-state index in [-0.39, 0.29) is 15.8 Å². The topological polar surface area (TPSA) is 66.4 Å². The van der Waals surface area contributed by atoms with Gasteiger partial charge in [0.25, 0.3) is 0 Å². The number of aryl methyl sites for hydroxylation is 1. The number of hydrogen-bond donors (Lipinski definition) is 0. The van der Waals surface area contributed by atoms with Crippen LogP contribution in [0.15, 0.2) is 129 Å². The maximum absolute atomic E-state index is 10.6. The Labute approximate surface area is 211 Å². The van der Waals surface area contributed by atoms with Crippen molar-refractivity contribution in [3.63, 3.8) is 0 Å². The molecule has 0 saturated carbocycles. The summed E-state index contributed by atoms with van der Waals surface area (Å²) in [7, 11) is -2.67. The largest absolute Gasteiger partial charge is 0.744 e. The van der Waals surface area contributed by atoms with Gasteiger partial charge in [-0.2, -0.15) is 0 Å². The number of unbranched alkanes of at least 4 members (excludes halogenated alkanes) is 1. The Bertz CT molecular complexity index is 1220. The second-order valence-electron chi connectivity index (χ2n) is 7.81. The Balaban J connectivity index is 0.000000214. The minimum absolute atomic E-state index is 0.0804. The molecule has 0 unspecified atom stereocenters. The molecule has 4 nitrogen and oxygen atoms in total. The van der Waals surface area contributed by atoms with Crippen molar-refractivity contribution in [1.29, 1.82) is 0 Å². The zero-order valence-electron chi connectivity index (χ0n) is 20.0. The van der Waals surface area contributed by atoms with Crippen LogP contribution >= 0.6 is 0 Å². The predicted octanol–water partition coefficient (Wildman–Crippen LogP) is 6.72. The fourth-order valence-electron chi connectivity index (χ4n) is 3.44. The lowest BCUT2D eigenvalue weighted by molar-refractivity contribution is 0.414.